The van der Waals surface area contributed by atoms with Gasteiger partial charge in [-0.25, -0.2) is 0 Å². The van der Waals surface area contributed by atoms with E-state index in [4.69, 9.17) is 0 Å². The molecule has 102 valence electrons. The van der Waals surface area contributed by atoms with Gasteiger partial charge in [0.2, 0.25) is 0 Å². The standard InChI is InChI=1S/C16H21NOS/c1-17(13-6-8-14(18)9-7-13)11-15-10-12-4-2-3-5-16(12)19-15/h2-5,13,15H,6-11H2,1H3. The molecule has 3 heteroatoms. The number of rotatable bonds is 3. The molecule has 1 saturated carbocycles. The molecule has 0 N–H and O–H groups in total. The summed E-state index contributed by atoms with van der Waals surface area (Å²) in [6.45, 7) is 1.14. The molecule has 1 aliphatic heterocycles. The van der Waals surface area contributed by atoms with Crippen molar-refractivity contribution >= 4 is 17.5 Å². The van der Waals surface area contributed by atoms with Gasteiger partial charge >= 0.3 is 0 Å². The Hall–Kier alpha value is -0.800. The maximum atomic E-state index is 11.3. The van der Waals surface area contributed by atoms with Crippen molar-refractivity contribution in [3.05, 3.63) is 29.8 Å². The average molecular weight is 275 g/mol. The molecule has 19 heavy (non-hydrogen) atoms. The fourth-order valence-electron chi connectivity index (χ4n) is 3.19. The molecular weight excluding hydrogens is 254 g/mol. The van der Waals surface area contributed by atoms with Crippen LogP contribution in [0.2, 0.25) is 0 Å². The first-order valence-electron chi connectivity index (χ1n) is 7.19. The molecule has 0 aromatic heterocycles. The molecule has 0 amide bonds. The second-order valence-electron chi connectivity index (χ2n) is 5.76. The van der Waals surface area contributed by atoms with Crippen molar-refractivity contribution in [2.45, 2.75) is 48.3 Å². The molecule has 0 spiro atoms. The first-order chi connectivity index (χ1) is 9.22. The van der Waals surface area contributed by atoms with E-state index in [2.05, 4.69) is 36.2 Å². The maximum absolute atomic E-state index is 11.3. The fourth-order valence-corrected chi connectivity index (χ4v) is 4.58. The Kier molecular flexibility index (Phi) is 3.94. The molecule has 0 radical (unpaired) electrons. The number of carbonyl (C=O) groups excluding carboxylic acids is 1. The quantitative estimate of drug-likeness (QED) is 0.845. The minimum Gasteiger partial charge on any atom is -0.302 e. The average Bonchev–Trinajstić information content (AvgIpc) is 2.81. The molecule has 1 heterocycles. The van der Waals surface area contributed by atoms with E-state index in [0.29, 0.717) is 17.1 Å². The van der Waals surface area contributed by atoms with Crippen molar-refractivity contribution in [1.29, 1.82) is 0 Å². The monoisotopic (exact) mass is 275 g/mol. The van der Waals surface area contributed by atoms with Crippen LogP contribution in [0.25, 0.3) is 0 Å². The Morgan fingerprint density at radius 2 is 2.00 bits per heavy atom. The highest BCUT2D eigenvalue weighted by atomic mass is 32.2. The highest BCUT2D eigenvalue weighted by molar-refractivity contribution is 8.00. The lowest BCUT2D eigenvalue weighted by Crippen LogP contribution is -2.39. The number of Topliss-reactive ketones (excluding diaryl/α,β-unsaturated/α-hetero) is 1. The van der Waals surface area contributed by atoms with Gasteiger partial charge in [-0.1, -0.05) is 18.2 Å². The van der Waals surface area contributed by atoms with Gasteiger partial charge in [-0.2, -0.15) is 0 Å². The summed E-state index contributed by atoms with van der Waals surface area (Å²) >= 11 is 2.02. The van der Waals surface area contributed by atoms with E-state index in [1.54, 1.807) is 0 Å². The van der Waals surface area contributed by atoms with Crippen LogP contribution >= 0.6 is 11.8 Å². The predicted octanol–water partition coefficient (Wildman–Crippen LogP) is 3.15. The van der Waals surface area contributed by atoms with Crippen LogP contribution in [0.3, 0.4) is 0 Å². The summed E-state index contributed by atoms with van der Waals surface area (Å²) in [6.07, 6.45) is 4.87. The highest BCUT2D eigenvalue weighted by Crippen LogP contribution is 2.37. The van der Waals surface area contributed by atoms with E-state index < -0.39 is 0 Å². The first-order valence-corrected chi connectivity index (χ1v) is 8.07. The van der Waals surface area contributed by atoms with Gasteiger partial charge in [-0.3, -0.25) is 4.79 Å². The van der Waals surface area contributed by atoms with Gasteiger partial charge in [0.25, 0.3) is 0 Å². The summed E-state index contributed by atoms with van der Waals surface area (Å²) in [5, 5.41) is 0.681. The van der Waals surface area contributed by atoms with E-state index in [0.717, 1.165) is 32.2 Å². The summed E-state index contributed by atoms with van der Waals surface area (Å²) < 4.78 is 0. The zero-order valence-corrected chi connectivity index (χ0v) is 12.3. The smallest absolute Gasteiger partial charge is 0.133 e. The van der Waals surface area contributed by atoms with Crippen LogP contribution in [-0.2, 0) is 11.2 Å². The van der Waals surface area contributed by atoms with Crippen molar-refractivity contribution in [3.8, 4) is 0 Å². The Labute approximate surface area is 119 Å². The number of nitrogens with zero attached hydrogens (tertiary/aromatic N) is 1. The van der Waals surface area contributed by atoms with Crippen molar-refractivity contribution in [1.82, 2.24) is 4.90 Å². The van der Waals surface area contributed by atoms with Crippen LogP contribution < -0.4 is 0 Å². The van der Waals surface area contributed by atoms with Crippen molar-refractivity contribution < 1.29 is 4.79 Å². The van der Waals surface area contributed by atoms with Gasteiger partial charge in [0.1, 0.15) is 5.78 Å². The molecule has 0 saturated heterocycles. The van der Waals surface area contributed by atoms with E-state index in [1.165, 1.54) is 16.9 Å². The summed E-state index contributed by atoms with van der Waals surface area (Å²) in [6, 6.07) is 9.37. The largest absolute Gasteiger partial charge is 0.302 e. The normalized spacial score (nSPS) is 23.9. The summed E-state index contributed by atoms with van der Waals surface area (Å²) in [7, 11) is 2.23. The third kappa shape index (κ3) is 3.03. The molecule has 2 nitrogen and oxygen atoms in total. The minimum atomic E-state index is 0.451. The second-order valence-corrected chi connectivity index (χ2v) is 7.10. The van der Waals surface area contributed by atoms with Crippen LogP contribution in [0.4, 0.5) is 0 Å². The van der Waals surface area contributed by atoms with Gasteiger partial charge in [-0.15, -0.1) is 11.8 Å². The third-order valence-corrected chi connectivity index (χ3v) is 5.64. The second kappa shape index (κ2) is 5.68. The maximum Gasteiger partial charge on any atom is 0.133 e. The molecular formula is C16H21NOS. The van der Waals surface area contributed by atoms with Crippen molar-refractivity contribution in [2.24, 2.45) is 0 Å². The van der Waals surface area contributed by atoms with Crippen LogP contribution in [0.5, 0.6) is 0 Å². The lowest BCUT2D eigenvalue weighted by atomic mass is 9.93. The molecule has 1 atom stereocenters. The molecule has 3 rings (SSSR count). The van der Waals surface area contributed by atoms with Crippen LogP contribution in [0, 0.1) is 0 Å². The summed E-state index contributed by atoms with van der Waals surface area (Å²) in [5.74, 6) is 0.451. The van der Waals surface area contributed by atoms with Crippen LogP contribution in [0.1, 0.15) is 31.2 Å². The van der Waals surface area contributed by atoms with Gasteiger partial charge in [0.15, 0.2) is 0 Å². The molecule has 0 bridgehead atoms. The number of benzene rings is 1. The van der Waals surface area contributed by atoms with Crippen molar-refractivity contribution in [2.75, 3.05) is 13.6 Å². The van der Waals surface area contributed by atoms with Gasteiger partial charge in [0.05, 0.1) is 0 Å². The Morgan fingerprint density at radius 3 is 2.74 bits per heavy atom. The summed E-state index contributed by atoms with van der Waals surface area (Å²) in [4.78, 5) is 15.2. The molecule has 1 aliphatic carbocycles. The molecule has 2 aliphatic rings. The van der Waals surface area contributed by atoms with E-state index in [1.807, 2.05) is 11.8 Å². The van der Waals surface area contributed by atoms with Gasteiger partial charge in [0, 0.05) is 35.6 Å². The van der Waals surface area contributed by atoms with E-state index in [9.17, 15) is 4.79 Å². The SMILES string of the molecule is CN(CC1Cc2ccccc2S1)C1CCC(=O)CC1. The van der Waals surface area contributed by atoms with Gasteiger partial charge < -0.3 is 4.90 Å². The van der Waals surface area contributed by atoms with Crippen LogP contribution in [-0.4, -0.2) is 35.6 Å². The number of ketones is 1. The van der Waals surface area contributed by atoms with Crippen molar-refractivity contribution in [3.63, 3.8) is 0 Å². The Morgan fingerprint density at radius 1 is 1.26 bits per heavy atom. The lowest BCUT2D eigenvalue weighted by Gasteiger charge is -2.32. The first kappa shape index (κ1) is 13.2. The molecule has 1 fully saturated rings. The molecule has 1 aromatic rings. The number of hydrogen-bond donors (Lipinski definition) is 0. The summed E-state index contributed by atoms with van der Waals surface area (Å²) in [5.41, 5.74) is 1.50. The fraction of sp³-hybridized carbons (Fsp3) is 0.562. The van der Waals surface area contributed by atoms with Crippen LogP contribution in [0.15, 0.2) is 29.2 Å². The number of hydrogen-bond acceptors (Lipinski definition) is 3. The zero-order chi connectivity index (χ0) is 13.2. The molecule has 1 unspecified atom stereocenters. The Balaban J connectivity index is 1.54. The topological polar surface area (TPSA) is 20.3 Å². The number of carbonyl (C=O) groups is 1. The van der Waals surface area contributed by atoms with Gasteiger partial charge in [-0.05, 0) is 37.9 Å². The third-order valence-electron chi connectivity index (χ3n) is 4.34. The lowest BCUT2D eigenvalue weighted by molar-refractivity contribution is -0.121. The number of fused-ring (bicyclic) bond motifs is 1. The predicted molar refractivity (Wildman–Crippen MR) is 79.7 cm³/mol. The van der Waals surface area contributed by atoms with E-state index >= 15 is 0 Å². The Bertz CT molecular complexity index is 439. The highest BCUT2D eigenvalue weighted by Gasteiger charge is 2.27. The molecule has 1 aromatic carbocycles. The van der Waals surface area contributed by atoms with E-state index in [-0.39, 0.29) is 0 Å². The number of thioether (sulfide) groups is 1. The zero-order valence-electron chi connectivity index (χ0n) is 11.5. The minimum absolute atomic E-state index is 0.451.